The van der Waals surface area contributed by atoms with Gasteiger partial charge in [0.05, 0.1) is 21.8 Å². The Morgan fingerprint density at radius 2 is 1.95 bits per heavy atom. The molecule has 0 saturated carbocycles. The van der Waals surface area contributed by atoms with E-state index in [4.69, 9.17) is 16.7 Å². The van der Waals surface area contributed by atoms with Crippen molar-refractivity contribution in [3.8, 4) is 0 Å². The molecule has 1 radical (unpaired) electrons. The summed E-state index contributed by atoms with van der Waals surface area (Å²) in [7, 11) is 0. The highest BCUT2D eigenvalue weighted by Crippen LogP contribution is 2.27. The molecule has 3 rings (SSSR count). The lowest BCUT2D eigenvalue weighted by Gasteiger charge is -2.10. The third-order valence-electron chi connectivity index (χ3n) is 3.44. The van der Waals surface area contributed by atoms with Crippen molar-refractivity contribution < 1.29 is 14.7 Å². The lowest BCUT2D eigenvalue weighted by molar-refractivity contribution is 0.0696. The van der Waals surface area contributed by atoms with Crippen LogP contribution in [0.15, 0.2) is 42.5 Å². The standard InChI is InChI=1S/C17H11ClNO3/c18-14-4-2-1-3-12(14)16(20)19-15-8-7-10-5-6-11(17(21)22)9-13(10)15/h1-6,9H,7H2,(H,19,20)(H,21,22). The summed E-state index contributed by atoms with van der Waals surface area (Å²) in [5.74, 6) is -1.35. The van der Waals surface area contributed by atoms with E-state index in [0.29, 0.717) is 28.3 Å². The average molecular weight is 313 g/mol. The second-order valence-electron chi connectivity index (χ2n) is 4.84. The zero-order chi connectivity index (χ0) is 15.7. The Balaban J connectivity index is 1.88. The predicted octanol–water partition coefficient (Wildman–Crippen LogP) is 3.17. The molecule has 109 valence electrons. The number of fused-ring (bicyclic) bond motifs is 1. The van der Waals surface area contributed by atoms with Gasteiger partial charge >= 0.3 is 5.97 Å². The van der Waals surface area contributed by atoms with Gasteiger partial charge in [0, 0.05) is 12.0 Å². The number of carbonyl (C=O) groups is 2. The smallest absolute Gasteiger partial charge is 0.335 e. The Hall–Kier alpha value is -2.59. The van der Waals surface area contributed by atoms with Crippen molar-refractivity contribution in [3.63, 3.8) is 0 Å². The van der Waals surface area contributed by atoms with Gasteiger partial charge in [0.1, 0.15) is 0 Å². The lowest BCUT2D eigenvalue weighted by Crippen LogP contribution is -2.21. The molecule has 4 nitrogen and oxygen atoms in total. The number of carboxylic acid groups (broad SMARTS) is 1. The SMILES string of the molecule is O=C(O)c1ccc2c(c1)C(NC(=O)c1ccccc1Cl)=[C]C2. The number of allylic oxidation sites excluding steroid dienone is 1. The zero-order valence-corrected chi connectivity index (χ0v) is 12.1. The summed E-state index contributed by atoms with van der Waals surface area (Å²) in [6.45, 7) is 0. The molecular formula is C17H11ClNO3. The van der Waals surface area contributed by atoms with Crippen LogP contribution in [0.25, 0.3) is 5.70 Å². The molecule has 2 aromatic carbocycles. The number of rotatable bonds is 3. The molecule has 0 unspecified atom stereocenters. The first kappa shape index (κ1) is 14.4. The fourth-order valence-corrected chi connectivity index (χ4v) is 2.53. The van der Waals surface area contributed by atoms with Gasteiger partial charge in [0.25, 0.3) is 5.91 Å². The third-order valence-corrected chi connectivity index (χ3v) is 3.77. The molecule has 0 aromatic heterocycles. The molecular weight excluding hydrogens is 302 g/mol. The van der Waals surface area contributed by atoms with Gasteiger partial charge in [0.2, 0.25) is 0 Å². The molecule has 0 aliphatic heterocycles. The van der Waals surface area contributed by atoms with Gasteiger partial charge in [-0.3, -0.25) is 4.79 Å². The molecule has 0 heterocycles. The first-order valence-corrected chi connectivity index (χ1v) is 6.97. The van der Waals surface area contributed by atoms with E-state index in [2.05, 4.69) is 11.4 Å². The molecule has 1 amide bonds. The van der Waals surface area contributed by atoms with E-state index in [1.165, 1.54) is 0 Å². The first-order valence-electron chi connectivity index (χ1n) is 6.59. The molecule has 0 bridgehead atoms. The van der Waals surface area contributed by atoms with Crippen LogP contribution in [0.3, 0.4) is 0 Å². The second kappa shape index (κ2) is 5.66. The van der Waals surface area contributed by atoms with Crippen molar-refractivity contribution in [2.75, 3.05) is 0 Å². The van der Waals surface area contributed by atoms with Crippen molar-refractivity contribution in [3.05, 3.63) is 75.8 Å². The number of nitrogens with one attached hydrogen (secondary N) is 1. The maximum atomic E-state index is 12.3. The fourth-order valence-electron chi connectivity index (χ4n) is 2.31. The molecule has 0 saturated heterocycles. The van der Waals surface area contributed by atoms with E-state index in [-0.39, 0.29) is 11.5 Å². The van der Waals surface area contributed by atoms with Gasteiger partial charge in [-0.05, 0) is 35.9 Å². The fraction of sp³-hybridized carbons (Fsp3) is 0.0588. The molecule has 5 heteroatoms. The number of carboxylic acids is 1. The highest BCUT2D eigenvalue weighted by atomic mass is 35.5. The number of halogens is 1. The molecule has 1 aliphatic rings. The van der Waals surface area contributed by atoms with Crippen molar-refractivity contribution in [2.24, 2.45) is 0 Å². The predicted molar refractivity (Wildman–Crippen MR) is 82.7 cm³/mol. The minimum Gasteiger partial charge on any atom is -0.478 e. The summed E-state index contributed by atoms with van der Waals surface area (Å²) in [6.07, 6.45) is 3.59. The average Bonchev–Trinajstić information content (AvgIpc) is 2.90. The van der Waals surface area contributed by atoms with Crippen molar-refractivity contribution in [1.29, 1.82) is 0 Å². The topological polar surface area (TPSA) is 66.4 Å². The van der Waals surface area contributed by atoms with Gasteiger partial charge < -0.3 is 10.4 Å². The number of benzene rings is 2. The van der Waals surface area contributed by atoms with E-state index in [9.17, 15) is 9.59 Å². The normalized spacial score (nSPS) is 12.5. The number of carbonyl (C=O) groups excluding carboxylic acids is 1. The zero-order valence-electron chi connectivity index (χ0n) is 11.4. The van der Waals surface area contributed by atoms with Crippen LogP contribution >= 0.6 is 11.6 Å². The van der Waals surface area contributed by atoms with Crippen LogP contribution in [0.5, 0.6) is 0 Å². The van der Waals surface area contributed by atoms with Crippen LogP contribution in [0.4, 0.5) is 0 Å². The summed E-state index contributed by atoms with van der Waals surface area (Å²) in [6, 6.07) is 11.6. The van der Waals surface area contributed by atoms with Gasteiger partial charge in [-0.15, -0.1) is 0 Å². The van der Waals surface area contributed by atoms with E-state index < -0.39 is 5.97 Å². The van der Waals surface area contributed by atoms with Crippen LogP contribution in [0.1, 0.15) is 31.8 Å². The largest absolute Gasteiger partial charge is 0.478 e. The van der Waals surface area contributed by atoms with Gasteiger partial charge in [-0.2, -0.15) is 0 Å². The van der Waals surface area contributed by atoms with Gasteiger partial charge in [0.15, 0.2) is 0 Å². The van der Waals surface area contributed by atoms with Crippen molar-refractivity contribution >= 4 is 29.2 Å². The summed E-state index contributed by atoms with van der Waals surface area (Å²) < 4.78 is 0. The third kappa shape index (κ3) is 2.61. The van der Waals surface area contributed by atoms with Crippen LogP contribution < -0.4 is 5.32 Å². The molecule has 0 atom stereocenters. The highest BCUT2D eigenvalue weighted by molar-refractivity contribution is 6.34. The van der Waals surface area contributed by atoms with Crippen molar-refractivity contribution in [2.45, 2.75) is 6.42 Å². The lowest BCUT2D eigenvalue weighted by atomic mass is 10.0. The molecule has 2 aromatic rings. The minimum atomic E-state index is -1.01. The van der Waals surface area contributed by atoms with Crippen LogP contribution in [0, 0.1) is 6.08 Å². The Bertz CT molecular complexity index is 811. The quantitative estimate of drug-likeness (QED) is 0.915. The number of hydrogen-bond acceptors (Lipinski definition) is 2. The maximum absolute atomic E-state index is 12.3. The molecule has 22 heavy (non-hydrogen) atoms. The van der Waals surface area contributed by atoms with Crippen molar-refractivity contribution in [1.82, 2.24) is 5.32 Å². The minimum absolute atomic E-state index is 0.173. The second-order valence-corrected chi connectivity index (χ2v) is 5.25. The number of amides is 1. The van der Waals surface area contributed by atoms with Gasteiger partial charge in [-0.25, -0.2) is 4.79 Å². The molecule has 2 N–H and O–H groups in total. The summed E-state index contributed by atoms with van der Waals surface area (Å²) in [4.78, 5) is 23.3. The molecule has 0 spiro atoms. The van der Waals surface area contributed by atoms with E-state index in [1.807, 2.05) is 0 Å². The van der Waals surface area contributed by atoms with Crippen LogP contribution in [-0.4, -0.2) is 17.0 Å². The van der Waals surface area contributed by atoms with E-state index >= 15 is 0 Å². The van der Waals surface area contributed by atoms with E-state index in [0.717, 1.165) is 5.56 Å². The summed E-state index contributed by atoms with van der Waals surface area (Å²) >= 11 is 6.00. The summed E-state index contributed by atoms with van der Waals surface area (Å²) in [5.41, 5.74) is 2.64. The number of aromatic carboxylic acids is 1. The Kier molecular flexibility index (Phi) is 3.69. The molecule has 0 fully saturated rings. The Labute approximate surface area is 132 Å². The summed E-state index contributed by atoms with van der Waals surface area (Å²) in [5, 5.41) is 12.2. The molecule has 1 aliphatic carbocycles. The van der Waals surface area contributed by atoms with E-state index in [1.54, 1.807) is 42.5 Å². The first-order chi connectivity index (χ1) is 10.6. The van der Waals surface area contributed by atoms with Crippen LogP contribution in [0.2, 0.25) is 5.02 Å². The maximum Gasteiger partial charge on any atom is 0.335 e. The monoisotopic (exact) mass is 312 g/mol. The van der Waals surface area contributed by atoms with Crippen LogP contribution in [-0.2, 0) is 6.42 Å². The van der Waals surface area contributed by atoms with Gasteiger partial charge in [-0.1, -0.05) is 29.8 Å². The highest BCUT2D eigenvalue weighted by Gasteiger charge is 2.20. The Morgan fingerprint density at radius 1 is 1.18 bits per heavy atom. The number of hydrogen-bond donors (Lipinski definition) is 2. The Morgan fingerprint density at radius 3 is 2.68 bits per heavy atom.